The van der Waals surface area contributed by atoms with Crippen molar-refractivity contribution in [1.29, 1.82) is 0 Å². The summed E-state index contributed by atoms with van der Waals surface area (Å²) in [6.45, 7) is 2.00. The minimum atomic E-state index is -3.89. The summed E-state index contributed by atoms with van der Waals surface area (Å²) in [4.78, 5) is 10.4. The minimum absolute atomic E-state index is 0. The van der Waals surface area contributed by atoms with E-state index in [-0.39, 0.29) is 42.6 Å². The zero-order chi connectivity index (χ0) is 17.7. The summed E-state index contributed by atoms with van der Waals surface area (Å²) in [5.74, 6) is 0. The van der Waals surface area contributed by atoms with Crippen LogP contribution in [0.4, 0.5) is 5.69 Å². The highest BCUT2D eigenvalue weighted by Crippen LogP contribution is 2.25. The molecule has 0 radical (unpaired) electrons. The van der Waals surface area contributed by atoms with Gasteiger partial charge in [0, 0.05) is 31.3 Å². The fourth-order valence-electron chi connectivity index (χ4n) is 2.31. The number of hydrogen-bond acceptors (Lipinski definition) is 5. The van der Waals surface area contributed by atoms with Crippen LogP contribution >= 0.6 is 12.4 Å². The van der Waals surface area contributed by atoms with Crippen molar-refractivity contribution in [1.82, 2.24) is 4.31 Å². The molecule has 0 aliphatic heterocycles. The van der Waals surface area contributed by atoms with Gasteiger partial charge in [-0.3, -0.25) is 10.1 Å². The van der Waals surface area contributed by atoms with Crippen molar-refractivity contribution in [2.75, 3.05) is 13.1 Å². The van der Waals surface area contributed by atoms with Crippen LogP contribution in [-0.2, 0) is 16.6 Å². The minimum Gasteiger partial charge on any atom is -0.329 e. The second-order valence-electron chi connectivity index (χ2n) is 5.32. The monoisotopic (exact) mass is 385 g/mol. The van der Waals surface area contributed by atoms with Crippen molar-refractivity contribution in [2.45, 2.75) is 18.4 Å². The first-order valence-corrected chi connectivity index (χ1v) is 8.79. The van der Waals surface area contributed by atoms with Gasteiger partial charge in [0.2, 0.25) is 10.0 Å². The predicted molar refractivity (Wildman–Crippen MR) is 98.2 cm³/mol. The third-order valence-corrected chi connectivity index (χ3v) is 5.44. The van der Waals surface area contributed by atoms with Gasteiger partial charge in [0.05, 0.1) is 9.82 Å². The molecule has 0 aliphatic rings. The molecule has 0 spiro atoms. The Morgan fingerprint density at radius 3 is 2.36 bits per heavy atom. The molecule has 2 aromatic carbocycles. The number of nitrogens with zero attached hydrogens (tertiary/aromatic N) is 2. The number of rotatable bonds is 7. The van der Waals surface area contributed by atoms with Gasteiger partial charge >= 0.3 is 0 Å². The zero-order valence-electron chi connectivity index (χ0n) is 13.7. The van der Waals surface area contributed by atoms with Crippen molar-refractivity contribution < 1.29 is 13.3 Å². The van der Waals surface area contributed by atoms with Crippen LogP contribution in [0.3, 0.4) is 0 Å². The molecule has 2 aromatic rings. The van der Waals surface area contributed by atoms with Crippen LogP contribution in [0.2, 0.25) is 0 Å². The Balaban J connectivity index is 0.00000312. The first kappa shape index (κ1) is 21.0. The van der Waals surface area contributed by atoms with Crippen LogP contribution in [0.15, 0.2) is 53.4 Å². The van der Waals surface area contributed by atoms with Gasteiger partial charge in [-0.2, -0.15) is 4.31 Å². The molecule has 0 amide bonds. The summed E-state index contributed by atoms with van der Waals surface area (Å²) in [5.41, 5.74) is 6.55. The Morgan fingerprint density at radius 2 is 1.80 bits per heavy atom. The molecule has 0 heterocycles. The van der Waals surface area contributed by atoms with E-state index < -0.39 is 14.9 Å². The molecule has 0 saturated carbocycles. The quantitative estimate of drug-likeness (QED) is 0.582. The number of hydrogen-bond donors (Lipinski definition) is 1. The number of aryl methyl sites for hydroxylation is 1. The number of nitro groups is 1. The Bertz CT molecular complexity index is 829. The van der Waals surface area contributed by atoms with Crippen molar-refractivity contribution in [3.8, 4) is 0 Å². The van der Waals surface area contributed by atoms with Gasteiger partial charge in [-0.1, -0.05) is 36.4 Å². The van der Waals surface area contributed by atoms with E-state index in [1.807, 2.05) is 30.3 Å². The SMILES string of the molecule is Cc1ccc(S(=O)(=O)N(CCN)Cc2ccccc2)cc1[N+](=O)[O-].Cl. The lowest BCUT2D eigenvalue weighted by molar-refractivity contribution is -0.385. The van der Waals surface area contributed by atoms with Crippen LogP contribution < -0.4 is 5.73 Å². The number of halogens is 1. The van der Waals surface area contributed by atoms with E-state index in [0.29, 0.717) is 5.56 Å². The maximum atomic E-state index is 12.9. The average molecular weight is 386 g/mol. The van der Waals surface area contributed by atoms with E-state index >= 15 is 0 Å². The van der Waals surface area contributed by atoms with E-state index in [0.717, 1.165) is 11.6 Å². The first-order chi connectivity index (χ1) is 11.4. The third-order valence-electron chi connectivity index (χ3n) is 3.60. The summed E-state index contributed by atoms with van der Waals surface area (Å²) in [6.07, 6.45) is 0. The summed E-state index contributed by atoms with van der Waals surface area (Å²) in [5, 5.41) is 11.1. The standard InChI is InChI=1S/C16H19N3O4S.ClH/c1-13-7-8-15(11-16(13)19(20)21)24(22,23)18(10-9-17)12-14-5-3-2-4-6-14;/h2-8,11H,9-10,12,17H2,1H3;1H. The lowest BCUT2D eigenvalue weighted by atomic mass is 10.2. The Kier molecular flexibility index (Phi) is 7.50. The summed E-state index contributed by atoms with van der Waals surface area (Å²) < 4.78 is 27.0. The van der Waals surface area contributed by atoms with Gasteiger partial charge in [0.1, 0.15) is 0 Å². The highest BCUT2D eigenvalue weighted by atomic mass is 35.5. The van der Waals surface area contributed by atoms with Gasteiger partial charge in [-0.15, -0.1) is 12.4 Å². The third kappa shape index (κ3) is 4.99. The summed E-state index contributed by atoms with van der Waals surface area (Å²) in [7, 11) is -3.89. The molecule has 0 atom stereocenters. The number of sulfonamides is 1. The second-order valence-corrected chi connectivity index (χ2v) is 7.26. The van der Waals surface area contributed by atoms with Gasteiger partial charge in [-0.25, -0.2) is 8.42 Å². The van der Waals surface area contributed by atoms with E-state index in [9.17, 15) is 18.5 Å². The lowest BCUT2D eigenvalue weighted by Gasteiger charge is -2.21. The van der Waals surface area contributed by atoms with Crippen LogP contribution in [-0.4, -0.2) is 30.7 Å². The van der Waals surface area contributed by atoms with Gasteiger partial charge in [0.15, 0.2) is 0 Å². The van der Waals surface area contributed by atoms with Crippen molar-refractivity contribution in [2.24, 2.45) is 5.73 Å². The molecule has 25 heavy (non-hydrogen) atoms. The Hall–Kier alpha value is -2.00. The van der Waals surface area contributed by atoms with Crippen molar-refractivity contribution in [3.05, 3.63) is 69.8 Å². The van der Waals surface area contributed by atoms with Gasteiger partial charge in [-0.05, 0) is 18.6 Å². The molecule has 0 unspecified atom stereocenters. The zero-order valence-corrected chi connectivity index (χ0v) is 15.3. The first-order valence-electron chi connectivity index (χ1n) is 7.35. The smallest absolute Gasteiger partial charge is 0.273 e. The summed E-state index contributed by atoms with van der Waals surface area (Å²) >= 11 is 0. The fourth-order valence-corrected chi connectivity index (χ4v) is 3.77. The molecule has 0 saturated heterocycles. The van der Waals surface area contributed by atoms with Crippen molar-refractivity contribution >= 4 is 28.1 Å². The molecule has 0 aliphatic carbocycles. The molecule has 0 fully saturated rings. The van der Waals surface area contributed by atoms with E-state index in [4.69, 9.17) is 5.73 Å². The second kappa shape index (κ2) is 8.91. The Labute approximate surface area is 153 Å². The fraction of sp³-hybridized carbons (Fsp3) is 0.250. The molecule has 9 heteroatoms. The molecular weight excluding hydrogens is 366 g/mol. The topological polar surface area (TPSA) is 107 Å². The molecule has 2 N–H and O–H groups in total. The molecule has 0 bridgehead atoms. The maximum Gasteiger partial charge on any atom is 0.273 e. The van der Waals surface area contributed by atoms with Crippen LogP contribution in [0.25, 0.3) is 0 Å². The molecule has 0 aromatic heterocycles. The number of nitro benzene ring substituents is 1. The normalized spacial score (nSPS) is 11.2. The number of nitrogens with two attached hydrogens (primary N) is 1. The molecule has 7 nitrogen and oxygen atoms in total. The van der Waals surface area contributed by atoms with Crippen molar-refractivity contribution in [3.63, 3.8) is 0 Å². The molecule has 2 rings (SSSR count). The predicted octanol–water partition coefficient (Wildman–Crippen LogP) is 2.47. The molecular formula is C16H20ClN3O4S. The highest BCUT2D eigenvalue weighted by Gasteiger charge is 2.26. The van der Waals surface area contributed by atoms with Gasteiger partial charge in [0.25, 0.3) is 5.69 Å². The van der Waals surface area contributed by atoms with E-state index in [2.05, 4.69) is 0 Å². The Morgan fingerprint density at radius 1 is 1.16 bits per heavy atom. The largest absolute Gasteiger partial charge is 0.329 e. The molecule has 136 valence electrons. The maximum absolute atomic E-state index is 12.9. The average Bonchev–Trinajstić information content (AvgIpc) is 2.55. The number of benzene rings is 2. The van der Waals surface area contributed by atoms with E-state index in [1.54, 1.807) is 6.92 Å². The van der Waals surface area contributed by atoms with E-state index in [1.165, 1.54) is 16.4 Å². The summed E-state index contributed by atoms with van der Waals surface area (Å²) in [6, 6.07) is 13.0. The van der Waals surface area contributed by atoms with Crippen LogP contribution in [0.5, 0.6) is 0 Å². The highest BCUT2D eigenvalue weighted by molar-refractivity contribution is 7.89. The lowest BCUT2D eigenvalue weighted by Crippen LogP contribution is -2.35. The van der Waals surface area contributed by atoms with Crippen LogP contribution in [0.1, 0.15) is 11.1 Å². The van der Waals surface area contributed by atoms with Crippen LogP contribution in [0, 0.1) is 17.0 Å². The van der Waals surface area contributed by atoms with Gasteiger partial charge < -0.3 is 5.73 Å².